The van der Waals surface area contributed by atoms with Gasteiger partial charge in [0.15, 0.2) is 0 Å². The Morgan fingerprint density at radius 2 is 2.00 bits per heavy atom. The van der Waals surface area contributed by atoms with Gasteiger partial charge in [0.1, 0.15) is 0 Å². The lowest BCUT2D eigenvalue weighted by molar-refractivity contribution is 0.422. The number of rotatable bonds is 2. The Kier molecular flexibility index (Phi) is 1.17. The molecule has 2 aliphatic rings. The molecular formula is C9H17N. The molecule has 2 N–H and O–H groups in total. The van der Waals surface area contributed by atoms with Crippen molar-refractivity contribution in [2.45, 2.75) is 39.2 Å². The molecule has 0 radical (unpaired) electrons. The summed E-state index contributed by atoms with van der Waals surface area (Å²) in [5, 5.41) is 0. The maximum atomic E-state index is 6.04. The fourth-order valence-corrected chi connectivity index (χ4v) is 2.12. The SMILES string of the molecule is CC(C)C(N)[C@H]1CC12CC2. The van der Waals surface area contributed by atoms with Gasteiger partial charge in [-0.1, -0.05) is 13.8 Å². The summed E-state index contributed by atoms with van der Waals surface area (Å²) in [5.74, 6) is 1.58. The molecule has 10 heavy (non-hydrogen) atoms. The van der Waals surface area contributed by atoms with Crippen LogP contribution in [-0.4, -0.2) is 6.04 Å². The van der Waals surface area contributed by atoms with Crippen LogP contribution >= 0.6 is 0 Å². The van der Waals surface area contributed by atoms with Gasteiger partial charge in [0, 0.05) is 6.04 Å². The molecule has 0 aromatic carbocycles. The molecule has 1 heteroatoms. The highest BCUT2D eigenvalue weighted by atomic mass is 14.8. The summed E-state index contributed by atoms with van der Waals surface area (Å²) in [6.07, 6.45) is 4.38. The van der Waals surface area contributed by atoms with Crippen molar-refractivity contribution in [1.29, 1.82) is 0 Å². The Bertz CT molecular complexity index is 147. The highest BCUT2D eigenvalue weighted by Crippen LogP contribution is 2.71. The van der Waals surface area contributed by atoms with Gasteiger partial charge < -0.3 is 5.73 Å². The van der Waals surface area contributed by atoms with E-state index in [9.17, 15) is 0 Å². The maximum absolute atomic E-state index is 6.04. The van der Waals surface area contributed by atoms with E-state index in [4.69, 9.17) is 5.73 Å². The summed E-state index contributed by atoms with van der Waals surface area (Å²) in [5.41, 5.74) is 6.83. The molecule has 1 spiro atoms. The normalized spacial score (nSPS) is 36.6. The van der Waals surface area contributed by atoms with Crippen LogP contribution in [0.15, 0.2) is 0 Å². The zero-order valence-electron chi connectivity index (χ0n) is 6.93. The Morgan fingerprint density at radius 1 is 1.40 bits per heavy atom. The molecule has 2 saturated carbocycles. The van der Waals surface area contributed by atoms with Gasteiger partial charge in [0.25, 0.3) is 0 Å². The van der Waals surface area contributed by atoms with Gasteiger partial charge in [0.2, 0.25) is 0 Å². The van der Waals surface area contributed by atoms with Crippen molar-refractivity contribution in [2.75, 3.05) is 0 Å². The van der Waals surface area contributed by atoms with Crippen LogP contribution in [0.3, 0.4) is 0 Å². The van der Waals surface area contributed by atoms with Crippen LogP contribution in [0.25, 0.3) is 0 Å². The lowest BCUT2D eigenvalue weighted by atomic mass is 9.99. The van der Waals surface area contributed by atoms with E-state index in [-0.39, 0.29) is 0 Å². The van der Waals surface area contributed by atoms with Crippen LogP contribution in [0.4, 0.5) is 0 Å². The molecule has 1 nitrogen and oxygen atoms in total. The van der Waals surface area contributed by atoms with Crippen molar-refractivity contribution in [3.8, 4) is 0 Å². The van der Waals surface area contributed by atoms with Gasteiger partial charge in [-0.3, -0.25) is 0 Å². The topological polar surface area (TPSA) is 26.0 Å². The Labute approximate surface area is 63.0 Å². The minimum absolute atomic E-state index is 0.488. The molecule has 0 heterocycles. The molecule has 0 amide bonds. The van der Waals surface area contributed by atoms with E-state index < -0.39 is 0 Å². The predicted octanol–water partition coefficient (Wildman–Crippen LogP) is 1.77. The van der Waals surface area contributed by atoms with Crippen LogP contribution in [0, 0.1) is 17.3 Å². The predicted molar refractivity (Wildman–Crippen MR) is 42.6 cm³/mol. The third-order valence-electron chi connectivity index (χ3n) is 3.38. The zero-order valence-corrected chi connectivity index (χ0v) is 6.93. The van der Waals surface area contributed by atoms with Gasteiger partial charge in [-0.05, 0) is 36.5 Å². The van der Waals surface area contributed by atoms with Crippen molar-refractivity contribution in [3.05, 3.63) is 0 Å². The minimum atomic E-state index is 0.488. The van der Waals surface area contributed by atoms with Crippen molar-refractivity contribution >= 4 is 0 Å². The molecule has 0 bridgehead atoms. The third kappa shape index (κ3) is 0.800. The van der Waals surface area contributed by atoms with Crippen LogP contribution in [0.5, 0.6) is 0 Å². The number of nitrogens with two attached hydrogens (primary N) is 1. The van der Waals surface area contributed by atoms with Crippen molar-refractivity contribution < 1.29 is 0 Å². The van der Waals surface area contributed by atoms with Crippen molar-refractivity contribution in [3.63, 3.8) is 0 Å². The van der Waals surface area contributed by atoms with Crippen LogP contribution < -0.4 is 5.73 Å². The largest absolute Gasteiger partial charge is 0.327 e. The van der Waals surface area contributed by atoms with Gasteiger partial charge in [-0.25, -0.2) is 0 Å². The third-order valence-corrected chi connectivity index (χ3v) is 3.38. The molecule has 0 aromatic heterocycles. The molecule has 58 valence electrons. The fourth-order valence-electron chi connectivity index (χ4n) is 2.12. The van der Waals surface area contributed by atoms with Crippen molar-refractivity contribution in [1.82, 2.24) is 0 Å². The molecule has 1 unspecified atom stereocenters. The van der Waals surface area contributed by atoms with Gasteiger partial charge >= 0.3 is 0 Å². The summed E-state index contributed by atoms with van der Waals surface area (Å²) in [6.45, 7) is 4.47. The second-order valence-corrected chi connectivity index (χ2v) is 4.49. The average molecular weight is 139 g/mol. The smallest absolute Gasteiger partial charge is 0.00958 e. The monoisotopic (exact) mass is 139 g/mol. The molecule has 0 saturated heterocycles. The number of hydrogen-bond donors (Lipinski definition) is 1. The molecule has 0 aliphatic heterocycles. The van der Waals surface area contributed by atoms with Gasteiger partial charge in [0.05, 0.1) is 0 Å². The Hall–Kier alpha value is -0.0400. The standard InChI is InChI=1S/C9H17N/c1-6(2)8(10)7-5-9(7)3-4-9/h6-8H,3-5,10H2,1-2H3/t7-,8?/m1/s1. The quantitative estimate of drug-likeness (QED) is 0.620. The highest BCUT2D eigenvalue weighted by Gasteiger charge is 2.64. The molecule has 2 rings (SSSR count). The lowest BCUT2D eigenvalue weighted by Crippen LogP contribution is -2.29. The molecule has 2 atom stereocenters. The van der Waals surface area contributed by atoms with Crippen LogP contribution in [0.2, 0.25) is 0 Å². The van der Waals surface area contributed by atoms with E-state index in [2.05, 4.69) is 13.8 Å². The Balaban J connectivity index is 1.90. The molecular weight excluding hydrogens is 122 g/mol. The lowest BCUT2D eigenvalue weighted by Gasteiger charge is -2.14. The van der Waals surface area contributed by atoms with Gasteiger partial charge in [-0.15, -0.1) is 0 Å². The summed E-state index contributed by atoms with van der Waals surface area (Å²) < 4.78 is 0. The van der Waals surface area contributed by atoms with Gasteiger partial charge in [-0.2, -0.15) is 0 Å². The maximum Gasteiger partial charge on any atom is 0.00958 e. The average Bonchev–Trinajstić information content (AvgIpc) is 2.73. The first-order valence-electron chi connectivity index (χ1n) is 4.41. The summed E-state index contributed by atoms with van der Waals surface area (Å²) in [7, 11) is 0. The second kappa shape index (κ2) is 1.76. The van der Waals surface area contributed by atoms with E-state index in [0.29, 0.717) is 12.0 Å². The van der Waals surface area contributed by atoms with E-state index in [1.807, 2.05) is 0 Å². The Morgan fingerprint density at radius 3 is 2.30 bits per heavy atom. The van der Waals surface area contributed by atoms with Crippen molar-refractivity contribution in [2.24, 2.45) is 23.0 Å². The number of hydrogen-bond acceptors (Lipinski definition) is 1. The van der Waals surface area contributed by atoms with Crippen LogP contribution in [0.1, 0.15) is 33.1 Å². The van der Waals surface area contributed by atoms with E-state index in [0.717, 1.165) is 11.3 Å². The summed E-state index contributed by atoms with van der Waals surface area (Å²) in [4.78, 5) is 0. The highest BCUT2D eigenvalue weighted by molar-refractivity contribution is 5.15. The zero-order chi connectivity index (χ0) is 7.35. The summed E-state index contributed by atoms with van der Waals surface area (Å²) >= 11 is 0. The fraction of sp³-hybridized carbons (Fsp3) is 1.00. The van der Waals surface area contributed by atoms with E-state index >= 15 is 0 Å². The first-order chi connectivity index (χ1) is 4.66. The molecule has 2 aliphatic carbocycles. The summed E-state index contributed by atoms with van der Waals surface area (Å²) in [6, 6.07) is 0.488. The molecule has 2 fully saturated rings. The van der Waals surface area contributed by atoms with Crippen LogP contribution in [-0.2, 0) is 0 Å². The minimum Gasteiger partial charge on any atom is -0.327 e. The second-order valence-electron chi connectivity index (χ2n) is 4.49. The first kappa shape index (κ1) is 6.66. The first-order valence-corrected chi connectivity index (χ1v) is 4.41. The van der Waals surface area contributed by atoms with E-state index in [1.165, 1.54) is 19.3 Å². The molecule has 0 aromatic rings. The van der Waals surface area contributed by atoms with E-state index in [1.54, 1.807) is 0 Å².